The summed E-state index contributed by atoms with van der Waals surface area (Å²) in [5.74, 6) is -0.396. The van der Waals surface area contributed by atoms with Crippen molar-refractivity contribution in [1.29, 1.82) is 0 Å². The molecule has 0 unspecified atom stereocenters. The summed E-state index contributed by atoms with van der Waals surface area (Å²) in [6.45, 7) is 3.82. The molecule has 1 aromatic carbocycles. The predicted molar refractivity (Wildman–Crippen MR) is 112 cm³/mol. The number of carbonyl (C=O) groups excluding carboxylic acids is 2. The first-order chi connectivity index (χ1) is 13.7. The highest BCUT2D eigenvalue weighted by atomic mass is 32.1. The fraction of sp³-hybridized carbons (Fsp3) is 0.364. The molecule has 1 aromatic heterocycles. The second-order valence-corrected chi connectivity index (χ2v) is 8.50. The maximum absolute atomic E-state index is 13.3. The van der Waals surface area contributed by atoms with E-state index in [1.54, 1.807) is 0 Å². The molecule has 0 saturated carbocycles. The quantitative estimate of drug-likeness (QED) is 0.743. The van der Waals surface area contributed by atoms with Crippen LogP contribution in [0.2, 0.25) is 0 Å². The smallest absolute Gasteiger partial charge is 0.282 e. The highest BCUT2D eigenvalue weighted by Gasteiger charge is 2.43. The summed E-state index contributed by atoms with van der Waals surface area (Å²) in [6.07, 6.45) is 4.57. The fourth-order valence-electron chi connectivity index (χ4n) is 4.42. The SMILES string of the molecule is O=C1C(c2cccs2)=C(N2CCCC2)C(=O)N1c1ccc(N2CCCC2)cc1. The van der Waals surface area contributed by atoms with E-state index in [4.69, 9.17) is 0 Å². The molecule has 0 N–H and O–H groups in total. The number of imide groups is 1. The molecule has 6 heteroatoms. The molecule has 0 radical (unpaired) electrons. The Morgan fingerprint density at radius 3 is 1.93 bits per heavy atom. The Morgan fingerprint density at radius 2 is 1.32 bits per heavy atom. The lowest BCUT2D eigenvalue weighted by Crippen LogP contribution is -2.34. The van der Waals surface area contributed by atoms with Gasteiger partial charge in [-0.15, -0.1) is 11.3 Å². The third kappa shape index (κ3) is 2.83. The molecule has 0 spiro atoms. The lowest BCUT2D eigenvalue weighted by molar-refractivity contribution is -0.120. The molecule has 3 aliphatic heterocycles. The van der Waals surface area contributed by atoms with Crippen LogP contribution in [0.4, 0.5) is 11.4 Å². The van der Waals surface area contributed by atoms with Gasteiger partial charge in [0.15, 0.2) is 0 Å². The first kappa shape index (κ1) is 17.5. The Hall–Kier alpha value is -2.60. The van der Waals surface area contributed by atoms with E-state index in [0.29, 0.717) is 17.0 Å². The Balaban J connectivity index is 1.50. The zero-order valence-corrected chi connectivity index (χ0v) is 16.6. The number of rotatable bonds is 4. The van der Waals surface area contributed by atoms with Crippen molar-refractivity contribution in [1.82, 2.24) is 4.90 Å². The van der Waals surface area contributed by atoms with Crippen LogP contribution in [0, 0.1) is 0 Å². The maximum Gasteiger partial charge on any atom is 0.282 e. The molecule has 3 aliphatic rings. The molecule has 0 bridgehead atoms. The zero-order valence-electron chi connectivity index (χ0n) is 15.8. The third-order valence-corrected chi connectivity index (χ3v) is 6.72. The van der Waals surface area contributed by atoms with E-state index < -0.39 is 0 Å². The minimum absolute atomic E-state index is 0.191. The number of benzene rings is 1. The Bertz CT molecular complexity index is 921. The molecular formula is C22H23N3O2S. The number of hydrogen-bond acceptors (Lipinski definition) is 5. The molecule has 0 aliphatic carbocycles. The number of thiophene rings is 1. The first-order valence-electron chi connectivity index (χ1n) is 10.0. The summed E-state index contributed by atoms with van der Waals surface area (Å²) in [5.41, 5.74) is 2.95. The van der Waals surface area contributed by atoms with Gasteiger partial charge in [0.2, 0.25) is 0 Å². The molecule has 144 valence electrons. The normalized spacial score (nSPS) is 20.2. The standard InChI is InChI=1S/C22H23N3O2S/c26-21-19(18-6-5-15-28-18)20(24-13-3-4-14-24)22(27)25(21)17-9-7-16(8-10-17)23-11-1-2-12-23/h5-10,15H,1-4,11-14H2. The molecule has 2 aromatic rings. The molecule has 5 nitrogen and oxygen atoms in total. The average Bonchev–Trinajstić information content (AvgIpc) is 3.50. The van der Waals surface area contributed by atoms with Crippen LogP contribution in [-0.4, -0.2) is 42.9 Å². The second kappa shape index (κ2) is 7.09. The van der Waals surface area contributed by atoms with Crippen molar-refractivity contribution in [2.45, 2.75) is 25.7 Å². The monoisotopic (exact) mass is 393 g/mol. The van der Waals surface area contributed by atoms with Gasteiger partial charge in [-0.1, -0.05) is 6.07 Å². The minimum Gasteiger partial charge on any atom is -0.372 e. The molecule has 2 amide bonds. The lowest BCUT2D eigenvalue weighted by Gasteiger charge is -2.21. The van der Waals surface area contributed by atoms with Gasteiger partial charge in [0.25, 0.3) is 11.8 Å². The van der Waals surface area contributed by atoms with Gasteiger partial charge in [-0.2, -0.15) is 0 Å². The van der Waals surface area contributed by atoms with Crippen molar-refractivity contribution < 1.29 is 9.59 Å². The van der Waals surface area contributed by atoms with Crippen LogP contribution < -0.4 is 9.80 Å². The fourth-order valence-corrected chi connectivity index (χ4v) is 5.18. The van der Waals surface area contributed by atoms with Crippen molar-refractivity contribution in [3.05, 3.63) is 52.4 Å². The molecular weight excluding hydrogens is 370 g/mol. The number of hydrogen-bond donors (Lipinski definition) is 0. The molecule has 2 saturated heterocycles. The molecule has 28 heavy (non-hydrogen) atoms. The van der Waals surface area contributed by atoms with Crippen LogP contribution in [0.3, 0.4) is 0 Å². The lowest BCUT2D eigenvalue weighted by atomic mass is 10.2. The van der Waals surface area contributed by atoms with Gasteiger partial charge in [-0.25, -0.2) is 4.90 Å². The minimum atomic E-state index is -0.205. The molecule has 0 atom stereocenters. The van der Waals surface area contributed by atoms with Crippen molar-refractivity contribution >= 4 is 40.1 Å². The van der Waals surface area contributed by atoms with Crippen LogP contribution in [-0.2, 0) is 9.59 Å². The Morgan fingerprint density at radius 1 is 0.714 bits per heavy atom. The largest absolute Gasteiger partial charge is 0.372 e. The molecule has 4 heterocycles. The van der Waals surface area contributed by atoms with Crippen LogP contribution in [0.5, 0.6) is 0 Å². The summed E-state index contributed by atoms with van der Waals surface area (Å²) in [6, 6.07) is 11.7. The average molecular weight is 394 g/mol. The van der Waals surface area contributed by atoms with Gasteiger partial charge in [0.05, 0.1) is 11.3 Å². The van der Waals surface area contributed by atoms with Gasteiger partial charge in [-0.3, -0.25) is 9.59 Å². The number of carbonyl (C=O) groups is 2. The predicted octanol–water partition coefficient (Wildman–Crippen LogP) is 3.73. The number of amides is 2. The van der Waals surface area contributed by atoms with Crippen molar-refractivity contribution in [2.75, 3.05) is 36.0 Å². The molecule has 2 fully saturated rings. The summed E-state index contributed by atoms with van der Waals surface area (Å²) in [7, 11) is 0. The van der Waals surface area contributed by atoms with E-state index in [1.165, 1.54) is 29.1 Å². The van der Waals surface area contributed by atoms with E-state index >= 15 is 0 Å². The van der Waals surface area contributed by atoms with Gasteiger partial charge < -0.3 is 9.80 Å². The number of likely N-dealkylation sites (tertiary alicyclic amines) is 1. The van der Waals surface area contributed by atoms with Gasteiger partial charge >= 0.3 is 0 Å². The Kier molecular flexibility index (Phi) is 4.43. The Labute approximate surface area is 168 Å². The van der Waals surface area contributed by atoms with Gasteiger partial charge in [0.1, 0.15) is 5.70 Å². The number of nitrogens with zero attached hydrogens (tertiary/aromatic N) is 3. The zero-order chi connectivity index (χ0) is 19.1. The van der Waals surface area contributed by atoms with E-state index in [-0.39, 0.29) is 11.8 Å². The highest BCUT2D eigenvalue weighted by molar-refractivity contribution is 7.11. The summed E-state index contributed by atoms with van der Waals surface area (Å²) < 4.78 is 0. The summed E-state index contributed by atoms with van der Waals surface area (Å²) >= 11 is 1.51. The van der Waals surface area contributed by atoms with Gasteiger partial charge in [0, 0.05) is 36.7 Å². The molecule has 5 rings (SSSR count). The van der Waals surface area contributed by atoms with Crippen LogP contribution in [0.15, 0.2) is 47.5 Å². The van der Waals surface area contributed by atoms with E-state index in [0.717, 1.165) is 49.6 Å². The maximum atomic E-state index is 13.3. The highest BCUT2D eigenvalue weighted by Crippen LogP contribution is 2.38. The van der Waals surface area contributed by atoms with E-state index in [1.807, 2.05) is 41.8 Å². The van der Waals surface area contributed by atoms with Crippen LogP contribution in [0.25, 0.3) is 5.57 Å². The van der Waals surface area contributed by atoms with Crippen molar-refractivity contribution in [3.63, 3.8) is 0 Å². The second-order valence-electron chi connectivity index (χ2n) is 7.55. The van der Waals surface area contributed by atoms with Crippen LogP contribution >= 0.6 is 11.3 Å². The van der Waals surface area contributed by atoms with Crippen molar-refractivity contribution in [3.8, 4) is 0 Å². The third-order valence-electron chi connectivity index (χ3n) is 5.83. The summed E-state index contributed by atoms with van der Waals surface area (Å²) in [4.78, 5) is 33.4. The van der Waals surface area contributed by atoms with Crippen molar-refractivity contribution in [2.24, 2.45) is 0 Å². The number of anilines is 2. The van der Waals surface area contributed by atoms with Crippen LogP contribution in [0.1, 0.15) is 30.6 Å². The van der Waals surface area contributed by atoms with E-state index in [9.17, 15) is 9.59 Å². The van der Waals surface area contributed by atoms with E-state index in [2.05, 4.69) is 9.80 Å². The first-order valence-corrected chi connectivity index (χ1v) is 10.9. The topological polar surface area (TPSA) is 43.9 Å². The van der Waals surface area contributed by atoms with Gasteiger partial charge in [-0.05, 0) is 61.4 Å². The summed E-state index contributed by atoms with van der Waals surface area (Å²) in [5, 5.41) is 1.95.